The van der Waals surface area contributed by atoms with E-state index in [4.69, 9.17) is 5.73 Å². The number of rotatable bonds is 3. The van der Waals surface area contributed by atoms with Crippen molar-refractivity contribution in [3.8, 4) is 0 Å². The molecule has 4 heteroatoms. The van der Waals surface area contributed by atoms with Crippen LogP contribution in [0.2, 0.25) is 0 Å². The molecule has 1 amide bonds. The smallest absolute Gasteiger partial charge is 0.253 e. The number of carbonyl (C=O) groups excluding carboxylic acids is 1. The van der Waals surface area contributed by atoms with Gasteiger partial charge in [0.15, 0.2) is 0 Å². The SMILES string of the molecule is Cc1ccccc1CN(C)C(=O)c1ccc(Br)c(N)c1. The summed E-state index contributed by atoms with van der Waals surface area (Å²) in [6.45, 7) is 2.63. The van der Waals surface area contributed by atoms with E-state index in [2.05, 4.69) is 15.9 Å². The number of hydrogen-bond acceptors (Lipinski definition) is 2. The minimum Gasteiger partial charge on any atom is -0.398 e. The summed E-state index contributed by atoms with van der Waals surface area (Å²) >= 11 is 3.33. The molecular formula is C16H17BrN2O. The predicted molar refractivity (Wildman–Crippen MR) is 85.5 cm³/mol. The van der Waals surface area contributed by atoms with Gasteiger partial charge in [-0.1, -0.05) is 24.3 Å². The molecule has 0 aliphatic heterocycles. The van der Waals surface area contributed by atoms with Crippen LogP contribution in [0.3, 0.4) is 0 Å². The van der Waals surface area contributed by atoms with Crippen molar-refractivity contribution in [2.45, 2.75) is 13.5 Å². The van der Waals surface area contributed by atoms with E-state index in [1.165, 1.54) is 5.56 Å². The van der Waals surface area contributed by atoms with Crippen LogP contribution < -0.4 is 5.73 Å². The van der Waals surface area contributed by atoms with E-state index in [-0.39, 0.29) is 5.91 Å². The van der Waals surface area contributed by atoms with Gasteiger partial charge >= 0.3 is 0 Å². The van der Waals surface area contributed by atoms with Crippen LogP contribution in [0, 0.1) is 6.92 Å². The molecule has 20 heavy (non-hydrogen) atoms. The largest absolute Gasteiger partial charge is 0.398 e. The van der Waals surface area contributed by atoms with Crippen LogP contribution in [0.25, 0.3) is 0 Å². The Morgan fingerprint density at radius 1 is 1.25 bits per heavy atom. The lowest BCUT2D eigenvalue weighted by atomic mass is 10.1. The highest BCUT2D eigenvalue weighted by atomic mass is 79.9. The molecule has 0 aliphatic carbocycles. The van der Waals surface area contributed by atoms with E-state index < -0.39 is 0 Å². The Labute approximate surface area is 127 Å². The molecule has 2 N–H and O–H groups in total. The zero-order valence-electron chi connectivity index (χ0n) is 11.6. The standard InChI is InChI=1S/C16H17BrN2O/c1-11-5-3-4-6-13(11)10-19(2)16(20)12-7-8-14(17)15(18)9-12/h3-9H,10,18H2,1-2H3. The number of hydrogen-bond donors (Lipinski definition) is 1. The fraction of sp³-hybridized carbons (Fsp3) is 0.188. The van der Waals surface area contributed by atoms with E-state index in [9.17, 15) is 4.79 Å². The first-order valence-corrected chi connectivity index (χ1v) is 7.13. The quantitative estimate of drug-likeness (QED) is 0.872. The second kappa shape index (κ2) is 6.09. The van der Waals surface area contributed by atoms with Crippen molar-refractivity contribution in [1.29, 1.82) is 0 Å². The van der Waals surface area contributed by atoms with Gasteiger partial charge in [-0.25, -0.2) is 0 Å². The van der Waals surface area contributed by atoms with Gasteiger partial charge in [0, 0.05) is 29.3 Å². The molecule has 0 radical (unpaired) electrons. The number of nitrogens with zero attached hydrogens (tertiary/aromatic N) is 1. The van der Waals surface area contributed by atoms with Crippen LogP contribution in [-0.4, -0.2) is 17.9 Å². The van der Waals surface area contributed by atoms with Gasteiger partial charge in [-0.2, -0.15) is 0 Å². The summed E-state index contributed by atoms with van der Waals surface area (Å²) in [4.78, 5) is 14.1. The molecular weight excluding hydrogens is 316 g/mol. The number of anilines is 1. The third-order valence-electron chi connectivity index (χ3n) is 3.26. The lowest BCUT2D eigenvalue weighted by Gasteiger charge is -2.19. The van der Waals surface area contributed by atoms with Gasteiger partial charge in [0.05, 0.1) is 0 Å². The molecule has 0 aromatic heterocycles. The topological polar surface area (TPSA) is 46.3 Å². The van der Waals surface area contributed by atoms with Gasteiger partial charge < -0.3 is 10.6 Å². The van der Waals surface area contributed by atoms with Crippen LogP contribution in [0.5, 0.6) is 0 Å². The first-order valence-electron chi connectivity index (χ1n) is 6.34. The summed E-state index contributed by atoms with van der Waals surface area (Å²) in [7, 11) is 1.80. The molecule has 104 valence electrons. The summed E-state index contributed by atoms with van der Waals surface area (Å²) in [6, 6.07) is 13.3. The molecule has 0 saturated heterocycles. The number of aryl methyl sites for hydroxylation is 1. The lowest BCUT2D eigenvalue weighted by Crippen LogP contribution is -2.26. The maximum absolute atomic E-state index is 12.4. The van der Waals surface area contributed by atoms with Gasteiger partial charge in [0.25, 0.3) is 5.91 Å². The Hall–Kier alpha value is -1.81. The highest BCUT2D eigenvalue weighted by Crippen LogP contribution is 2.21. The number of nitrogen functional groups attached to an aromatic ring is 1. The zero-order chi connectivity index (χ0) is 14.7. The molecule has 0 unspecified atom stereocenters. The lowest BCUT2D eigenvalue weighted by molar-refractivity contribution is 0.0785. The number of amides is 1. The summed E-state index contributed by atoms with van der Waals surface area (Å²) in [5.74, 6) is -0.0348. The van der Waals surface area contributed by atoms with Crippen molar-refractivity contribution in [2.24, 2.45) is 0 Å². The van der Waals surface area contributed by atoms with Crippen molar-refractivity contribution in [3.63, 3.8) is 0 Å². The highest BCUT2D eigenvalue weighted by Gasteiger charge is 2.13. The van der Waals surface area contributed by atoms with Crippen LogP contribution >= 0.6 is 15.9 Å². The molecule has 2 aromatic rings. The van der Waals surface area contributed by atoms with Gasteiger partial charge in [0.2, 0.25) is 0 Å². The van der Waals surface area contributed by atoms with Crippen molar-refractivity contribution in [3.05, 3.63) is 63.6 Å². The van der Waals surface area contributed by atoms with E-state index >= 15 is 0 Å². The van der Waals surface area contributed by atoms with E-state index in [1.807, 2.05) is 31.2 Å². The van der Waals surface area contributed by atoms with Crippen molar-refractivity contribution < 1.29 is 4.79 Å². The molecule has 0 atom stereocenters. The summed E-state index contributed by atoms with van der Waals surface area (Å²) in [5.41, 5.74) is 9.32. The number of carbonyl (C=O) groups is 1. The first kappa shape index (κ1) is 14.6. The molecule has 2 rings (SSSR count). The molecule has 0 aliphatic rings. The second-order valence-corrected chi connectivity index (χ2v) is 5.68. The average Bonchev–Trinajstić information content (AvgIpc) is 2.43. The fourth-order valence-electron chi connectivity index (χ4n) is 2.01. The Morgan fingerprint density at radius 3 is 2.60 bits per heavy atom. The molecule has 2 aromatic carbocycles. The summed E-state index contributed by atoms with van der Waals surface area (Å²) < 4.78 is 0.801. The van der Waals surface area contributed by atoms with Crippen molar-refractivity contribution >= 4 is 27.5 Å². The van der Waals surface area contributed by atoms with Crippen LogP contribution in [0.1, 0.15) is 21.5 Å². The van der Waals surface area contributed by atoms with Gasteiger partial charge in [-0.15, -0.1) is 0 Å². The molecule has 0 bridgehead atoms. The fourth-order valence-corrected chi connectivity index (χ4v) is 2.26. The van der Waals surface area contributed by atoms with Crippen LogP contribution in [-0.2, 0) is 6.54 Å². The third-order valence-corrected chi connectivity index (χ3v) is 3.98. The maximum Gasteiger partial charge on any atom is 0.253 e. The van der Waals surface area contributed by atoms with Crippen molar-refractivity contribution in [2.75, 3.05) is 12.8 Å². The monoisotopic (exact) mass is 332 g/mol. The Morgan fingerprint density at radius 2 is 1.95 bits per heavy atom. The number of nitrogens with two attached hydrogens (primary N) is 1. The van der Waals surface area contributed by atoms with Gasteiger partial charge in [0.1, 0.15) is 0 Å². The van der Waals surface area contributed by atoms with Crippen molar-refractivity contribution in [1.82, 2.24) is 4.90 Å². The number of halogens is 1. The van der Waals surface area contributed by atoms with Crippen LogP contribution in [0.4, 0.5) is 5.69 Å². The zero-order valence-corrected chi connectivity index (χ0v) is 13.1. The molecule has 0 fully saturated rings. The second-order valence-electron chi connectivity index (χ2n) is 4.82. The third kappa shape index (κ3) is 3.20. The Bertz CT molecular complexity index is 640. The minimum absolute atomic E-state index is 0.0348. The first-order chi connectivity index (χ1) is 9.49. The van der Waals surface area contributed by atoms with E-state index in [0.717, 1.165) is 10.0 Å². The van der Waals surface area contributed by atoms with Gasteiger partial charge in [-0.05, 0) is 52.2 Å². The van der Waals surface area contributed by atoms with Gasteiger partial charge in [-0.3, -0.25) is 4.79 Å². The van der Waals surface area contributed by atoms with E-state index in [0.29, 0.717) is 17.8 Å². The Kier molecular flexibility index (Phi) is 4.45. The predicted octanol–water partition coefficient (Wildman–Crippen LogP) is 3.61. The van der Waals surface area contributed by atoms with Crippen LogP contribution in [0.15, 0.2) is 46.9 Å². The molecule has 0 spiro atoms. The molecule has 3 nitrogen and oxygen atoms in total. The summed E-state index contributed by atoms with van der Waals surface area (Å²) in [5, 5.41) is 0. The minimum atomic E-state index is -0.0348. The molecule has 0 heterocycles. The maximum atomic E-state index is 12.4. The van der Waals surface area contributed by atoms with E-state index in [1.54, 1.807) is 30.1 Å². The summed E-state index contributed by atoms with van der Waals surface area (Å²) in [6.07, 6.45) is 0. The highest BCUT2D eigenvalue weighted by molar-refractivity contribution is 9.10. The molecule has 0 saturated carbocycles. The Balaban J connectivity index is 2.16. The average molecular weight is 333 g/mol. The normalized spacial score (nSPS) is 10.3. The number of benzene rings is 2.